The normalized spacial score (nSPS) is 11.7. The minimum atomic E-state index is -0.306. The zero-order valence-corrected chi connectivity index (χ0v) is 13.3. The van der Waals surface area contributed by atoms with Crippen molar-refractivity contribution in [3.05, 3.63) is 63.7 Å². The van der Waals surface area contributed by atoms with Crippen molar-refractivity contribution in [1.82, 2.24) is 0 Å². The van der Waals surface area contributed by atoms with Gasteiger partial charge in [0.05, 0.1) is 13.0 Å². The molecular weight excluding hydrogens is 365 g/mol. The number of benzene rings is 2. The molecule has 0 fully saturated rings. The van der Waals surface area contributed by atoms with Gasteiger partial charge in [0.2, 0.25) is 0 Å². The Morgan fingerprint density at radius 2 is 1.95 bits per heavy atom. The van der Waals surface area contributed by atoms with Gasteiger partial charge in [-0.05, 0) is 46.4 Å². The number of hydrogen-bond donors (Lipinski definition) is 1. The molecule has 0 aliphatic carbocycles. The third kappa shape index (κ3) is 3.96. The average molecular weight is 381 g/mol. The van der Waals surface area contributed by atoms with Gasteiger partial charge in [-0.2, -0.15) is 0 Å². The summed E-state index contributed by atoms with van der Waals surface area (Å²) in [6.07, 6.45) is 0. The zero-order chi connectivity index (χ0) is 14.4. The van der Waals surface area contributed by atoms with Gasteiger partial charge < -0.3 is 10.1 Å². The van der Waals surface area contributed by atoms with Crippen LogP contribution < -0.4 is 5.32 Å². The summed E-state index contributed by atoms with van der Waals surface area (Å²) >= 11 is 2.26. The Kier molecular flexibility index (Phi) is 5.40. The van der Waals surface area contributed by atoms with Crippen LogP contribution in [0.15, 0.2) is 54.6 Å². The van der Waals surface area contributed by atoms with Crippen molar-refractivity contribution in [3.8, 4) is 0 Å². The Morgan fingerprint density at radius 3 is 2.60 bits per heavy atom. The first-order chi connectivity index (χ1) is 9.70. The summed E-state index contributed by atoms with van der Waals surface area (Å²) in [4.78, 5) is 11.9. The van der Waals surface area contributed by atoms with Crippen molar-refractivity contribution in [3.63, 3.8) is 0 Å². The molecule has 0 heterocycles. The second-order valence-corrected chi connectivity index (χ2v) is 5.62. The van der Waals surface area contributed by atoms with Crippen molar-refractivity contribution >= 4 is 34.2 Å². The SMILES string of the molecule is COC(=O)C(CNc1cccc(I)c1)c1ccccc1. The van der Waals surface area contributed by atoms with Crippen LogP contribution in [0.4, 0.5) is 5.69 Å². The predicted molar refractivity (Wildman–Crippen MR) is 88.8 cm³/mol. The highest BCUT2D eigenvalue weighted by Gasteiger charge is 2.20. The van der Waals surface area contributed by atoms with Crippen LogP contribution in [-0.4, -0.2) is 19.6 Å². The highest BCUT2D eigenvalue weighted by molar-refractivity contribution is 14.1. The molecule has 20 heavy (non-hydrogen) atoms. The number of esters is 1. The first kappa shape index (κ1) is 14.8. The molecule has 0 aliphatic heterocycles. The van der Waals surface area contributed by atoms with E-state index in [0.29, 0.717) is 6.54 Å². The summed E-state index contributed by atoms with van der Waals surface area (Å²) in [5, 5.41) is 3.29. The maximum atomic E-state index is 11.9. The fourth-order valence-electron chi connectivity index (χ4n) is 1.98. The first-order valence-electron chi connectivity index (χ1n) is 6.33. The van der Waals surface area contributed by atoms with E-state index in [-0.39, 0.29) is 11.9 Å². The van der Waals surface area contributed by atoms with Crippen LogP contribution in [0.25, 0.3) is 0 Å². The molecule has 104 valence electrons. The number of methoxy groups -OCH3 is 1. The molecule has 0 aliphatic rings. The fourth-order valence-corrected chi connectivity index (χ4v) is 2.53. The van der Waals surface area contributed by atoms with Crippen LogP contribution >= 0.6 is 22.6 Å². The molecule has 0 saturated heterocycles. The summed E-state index contributed by atoms with van der Waals surface area (Å²) in [5.41, 5.74) is 1.96. The van der Waals surface area contributed by atoms with E-state index >= 15 is 0 Å². The second-order valence-electron chi connectivity index (χ2n) is 4.38. The summed E-state index contributed by atoms with van der Waals surface area (Å²) in [7, 11) is 1.42. The van der Waals surface area contributed by atoms with Gasteiger partial charge in [-0.3, -0.25) is 4.79 Å². The molecule has 2 rings (SSSR count). The van der Waals surface area contributed by atoms with E-state index < -0.39 is 0 Å². The molecule has 1 N–H and O–H groups in total. The quantitative estimate of drug-likeness (QED) is 0.635. The van der Waals surface area contributed by atoms with Gasteiger partial charge in [0.15, 0.2) is 0 Å². The summed E-state index contributed by atoms with van der Waals surface area (Å²) in [6, 6.07) is 17.7. The van der Waals surface area contributed by atoms with E-state index in [1.165, 1.54) is 7.11 Å². The number of ether oxygens (including phenoxy) is 1. The third-order valence-electron chi connectivity index (χ3n) is 3.02. The number of halogens is 1. The Balaban J connectivity index is 2.11. The molecule has 0 radical (unpaired) electrons. The standard InChI is InChI=1S/C16H16INO2/c1-20-16(19)15(12-6-3-2-4-7-12)11-18-14-9-5-8-13(17)10-14/h2-10,15,18H,11H2,1H3. The number of anilines is 1. The maximum absolute atomic E-state index is 11.9. The molecule has 0 bridgehead atoms. The lowest BCUT2D eigenvalue weighted by Crippen LogP contribution is -2.22. The van der Waals surface area contributed by atoms with Crippen molar-refractivity contribution in [2.75, 3.05) is 19.0 Å². The van der Waals surface area contributed by atoms with Crippen molar-refractivity contribution in [1.29, 1.82) is 0 Å². The van der Waals surface area contributed by atoms with Gasteiger partial charge in [-0.15, -0.1) is 0 Å². The molecule has 0 spiro atoms. The summed E-state index contributed by atoms with van der Waals surface area (Å²) in [5.74, 6) is -0.534. The van der Waals surface area contributed by atoms with E-state index in [2.05, 4.69) is 27.9 Å². The number of hydrogen-bond acceptors (Lipinski definition) is 3. The molecule has 3 nitrogen and oxygen atoms in total. The number of nitrogens with one attached hydrogen (secondary N) is 1. The van der Waals surface area contributed by atoms with Crippen molar-refractivity contribution in [2.45, 2.75) is 5.92 Å². The van der Waals surface area contributed by atoms with E-state index in [1.54, 1.807) is 0 Å². The Bertz CT molecular complexity index is 572. The largest absolute Gasteiger partial charge is 0.468 e. The highest BCUT2D eigenvalue weighted by Crippen LogP contribution is 2.19. The van der Waals surface area contributed by atoms with Gasteiger partial charge in [0.1, 0.15) is 0 Å². The molecule has 2 aromatic carbocycles. The Hall–Kier alpha value is -1.56. The monoisotopic (exact) mass is 381 g/mol. The third-order valence-corrected chi connectivity index (χ3v) is 3.69. The lowest BCUT2D eigenvalue weighted by Gasteiger charge is -2.16. The lowest BCUT2D eigenvalue weighted by molar-refractivity contribution is -0.142. The van der Waals surface area contributed by atoms with Gasteiger partial charge in [-0.25, -0.2) is 0 Å². The topological polar surface area (TPSA) is 38.3 Å². The minimum Gasteiger partial charge on any atom is -0.468 e. The summed E-state index contributed by atoms with van der Waals surface area (Å²) < 4.78 is 6.05. The van der Waals surface area contributed by atoms with Crippen LogP contribution in [0.5, 0.6) is 0 Å². The smallest absolute Gasteiger partial charge is 0.314 e. The van der Waals surface area contributed by atoms with Crippen LogP contribution in [-0.2, 0) is 9.53 Å². The van der Waals surface area contributed by atoms with E-state index in [4.69, 9.17) is 4.74 Å². The van der Waals surface area contributed by atoms with Gasteiger partial charge in [0.25, 0.3) is 0 Å². The molecule has 2 aromatic rings. The van der Waals surface area contributed by atoms with Gasteiger partial charge in [0, 0.05) is 15.8 Å². The van der Waals surface area contributed by atoms with Crippen molar-refractivity contribution in [2.24, 2.45) is 0 Å². The maximum Gasteiger partial charge on any atom is 0.314 e. The molecule has 4 heteroatoms. The Morgan fingerprint density at radius 1 is 1.20 bits per heavy atom. The number of rotatable bonds is 5. The zero-order valence-electron chi connectivity index (χ0n) is 11.2. The molecule has 1 atom stereocenters. The van der Waals surface area contributed by atoms with Gasteiger partial charge >= 0.3 is 5.97 Å². The van der Waals surface area contributed by atoms with Crippen LogP contribution in [0.3, 0.4) is 0 Å². The number of carbonyl (C=O) groups excluding carboxylic acids is 1. The first-order valence-corrected chi connectivity index (χ1v) is 7.41. The molecule has 1 unspecified atom stereocenters. The van der Waals surface area contributed by atoms with Crippen LogP contribution in [0, 0.1) is 3.57 Å². The number of carbonyl (C=O) groups is 1. The average Bonchev–Trinajstić information content (AvgIpc) is 2.48. The molecule has 0 amide bonds. The minimum absolute atomic E-state index is 0.227. The van der Waals surface area contributed by atoms with Crippen LogP contribution in [0.1, 0.15) is 11.5 Å². The summed E-state index contributed by atoms with van der Waals surface area (Å²) in [6.45, 7) is 0.511. The van der Waals surface area contributed by atoms with Gasteiger partial charge in [-0.1, -0.05) is 36.4 Å². The molecular formula is C16H16INO2. The molecule has 0 aromatic heterocycles. The van der Waals surface area contributed by atoms with E-state index in [1.807, 2.05) is 54.6 Å². The van der Waals surface area contributed by atoms with E-state index in [9.17, 15) is 4.79 Å². The Labute approximate surface area is 132 Å². The predicted octanol–water partition coefficient (Wildman–Crippen LogP) is 3.66. The second kappa shape index (κ2) is 7.28. The highest BCUT2D eigenvalue weighted by atomic mass is 127. The van der Waals surface area contributed by atoms with Crippen LogP contribution in [0.2, 0.25) is 0 Å². The lowest BCUT2D eigenvalue weighted by atomic mass is 9.99. The molecule has 0 saturated carbocycles. The van der Waals surface area contributed by atoms with Crippen molar-refractivity contribution < 1.29 is 9.53 Å². The fraction of sp³-hybridized carbons (Fsp3) is 0.188. The van der Waals surface area contributed by atoms with E-state index in [0.717, 1.165) is 14.8 Å².